The van der Waals surface area contributed by atoms with E-state index in [0.717, 1.165) is 5.56 Å². The standard InChI is InChI=1S/C16H14N2O/c1-5-6-7-14-17-18-15(19-14)12-8-10-13(11-9-12)16(2,3)4/h1,8-11H,2-4H3. The average molecular weight is 250 g/mol. The van der Waals surface area contributed by atoms with Gasteiger partial charge in [0.2, 0.25) is 5.89 Å². The molecule has 3 heteroatoms. The van der Waals surface area contributed by atoms with E-state index in [1.54, 1.807) is 0 Å². The van der Waals surface area contributed by atoms with E-state index in [2.05, 4.69) is 60.9 Å². The lowest BCUT2D eigenvalue weighted by Gasteiger charge is -2.18. The molecule has 0 atom stereocenters. The molecule has 19 heavy (non-hydrogen) atoms. The lowest BCUT2D eigenvalue weighted by atomic mass is 9.87. The van der Waals surface area contributed by atoms with Crippen LogP contribution in [0.4, 0.5) is 0 Å². The van der Waals surface area contributed by atoms with E-state index in [4.69, 9.17) is 10.8 Å². The maximum absolute atomic E-state index is 5.41. The lowest BCUT2D eigenvalue weighted by molar-refractivity contribution is 0.554. The van der Waals surface area contributed by atoms with Gasteiger partial charge in [-0.15, -0.1) is 11.5 Å². The molecule has 94 valence electrons. The van der Waals surface area contributed by atoms with Crippen molar-refractivity contribution < 1.29 is 4.42 Å². The fourth-order valence-corrected chi connectivity index (χ4v) is 1.59. The van der Waals surface area contributed by atoms with Gasteiger partial charge in [0.15, 0.2) is 0 Å². The van der Waals surface area contributed by atoms with Crippen LogP contribution in [0.25, 0.3) is 11.5 Å². The zero-order valence-corrected chi connectivity index (χ0v) is 11.2. The van der Waals surface area contributed by atoms with Crippen LogP contribution >= 0.6 is 0 Å². The molecule has 1 aromatic heterocycles. The SMILES string of the molecule is C#CC#Cc1nnc(-c2ccc(C(C)(C)C)cc2)o1. The van der Waals surface area contributed by atoms with Crippen molar-refractivity contribution >= 4 is 0 Å². The Balaban J connectivity index is 2.28. The third kappa shape index (κ3) is 3.03. The van der Waals surface area contributed by atoms with Gasteiger partial charge in [0, 0.05) is 11.5 Å². The molecule has 0 bridgehead atoms. The second-order valence-electron chi connectivity index (χ2n) is 5.13. The summed E-state index contributed by atoms with van der Waals surface area (Å²) in [5.74, 6) is 7.91. The van der Waals surface area contributed by atoms with Crippen LogP contribution < -0.4 is 0 Å². The third-order valence-electron chi connectivity index (χ3n) is 2.66. The van der Waals surface area contributed by atoms with Gasteiger partial charge >= 0.3 is 0 Å². The van der Waals surface area contributed by atoms with E-state index >= 15 is 0 Å². The number of benzene rings is 1. The number of terminal acetylenes is 1. The molecule has 0 N–H and O–H groups in total. The molecular formula is C16H14N2O. The summed E-state index contributed by atoms with van der Waals surface area (Å²) < 4.78 is 5.41. The Labute approximate surface area is 113 Å². The molecule has 0 aliphatic rings. The van der Waals surface area contributed by atoms with Crippen molar-refractivity contribution in [1.29, 1.82) is 0 Å². The molecule has 0 fully saturated rings. The molecule has 0 radical (unpaired) electrons. The van der Waals surface area contributed by atoms with Gasteiger partial charge in [0.25, 0.3) is 5.89 Å². The van der Waals surface area contributed by atoms with Gasteiger partial charge in [0.1, 0.15) is 0 Å². The molecule has 2 rings (SSSR count). The highest BCUT2D eigenvalue weighted by molar-refractivity contribution is 5.54. The van der Waals surface area contributed by atoms with E-state index < -0.39 is 0 Å². The molecule has 0 amide bonds. The van der Waals surface area contributed by atoms with E-state index in [1.165, 1.54) is 5.56 Å². The first kappa shape index (κ1) is 12.9. The summed E-state index contributed by atoms with van der Waals surface area (Å²) in [5, 5.41) is 7.76. The van der Waals surface area contributed by atoms with E-state index in [-0.39, 0.29) is 11.3 Å². The zero-order chi connectivity index (χ0) is 13.9. The van der Waals surface area contributed by atoms with Crippen LogP contribution in [0.1, 0.15) is 32.2 Å². The zero-order valence-electron chi connectivity index (χ0n) is 11.2. The number of hydrogen-bond acceptors (Lipinski definition) is 3. The molecule has 3 nitrogen and oxygen atoms in total. The first-order valence-corrected chi connectivity index (χ1v) is 5.92. The summed E-state index contributed by atoms with van der Waals surface area (Å²) in [6, 6.07) is 8.05. The van der Waals surface area contributed by atoms with Gasteiger partial charge in [-0.3, -0.25) is 0 Å². The van der Waals surface area contributed by atoms with Crippen LogP contribution in [0, 0.1) is 24.2 Å². The minimum Gasteiger partial charge on any atom is -0.410 e. The molecule has 2 aromatic rings. The minimum atomic E-state index is 0.122. The van der Waals surface area contributed by atoms with E-state index in [0.29, 0.717) is 5.89 Å². The topological polar surface area (TPSA) is 38.9 Å². The van der Waals surface area contributed by atoms with Gasteiger partial charge in [-0.1, -0.05) is 38.0 Å². The molecule has 1 aromatic carbocycles. The lowest BCUT2D eigenvalue weighted by Crippen LogP contribution is -2.10. The third-order valence-corrected chi connectivity index (χ3v) is 2.66. The van der Waals surface area contributed by atoms with Crippen molar-refractivity contribution in [3.05, 3.63) is 35.7 Å². The van der Waals surface area contributed by atoms with Crippen molar-refractivity contribution in [3.63, 3.8) is 0 Å². The summed E-state index contributed by atoms with van der Waals surface area (Å²) in [6.45, 7) is 6.51. The molecule has 0 saturated heterocycles. The molecule has 0 aliphatic carbocycles. The first-order chi connectivity index (χ1) is 9.00. The fourth-order valence-electron chi connectivity index (χ4n) is 1.59. The van der Waals surface area contributed by atoms with Gasteiger partial charge in [-0.2, -0.15) is 0 Å². The first-order valence-electron chi connectivity index (χ1n) is 5.92. The number of aromatic nitrogens is 2. The van der Waals surface area contributed by atoms with Crippen molar-refractivity contribution in [2.45, 2.75) is 26.2 Å². The smallest absolute Gasteiger partial charge is 0.295 e. The van der Waals surface area contributed by atoms with E-state index in [9.17, 15) is 0 Å². The monoisotopic (exact) mass is 250 g/mol. The van der Waals surface area contributed by atoms with Gasteiger partial charge in [0.05, 0.1) is 0 Å². The molecule has 0 spiro atoms. The highest BCUT2D eigenvalue weighted by Gasteiger charge is 2.14. The summed E-state index contributed by atoms with van der Waals surface area (Å²) in [7, 11) is 0. The predicted octanol–water partition coefficient (Wildman–Crippen LogP) is 3.02. The number of nitrogens with zero attached hydrogens (tertiary/aromatic N) is 2. The second-order valence-corrected chi connectivity index (χ2v) is 5.13. The number of hydrogen-bond donors (Lipinski definition) is 0. The predicted molar refractivity (Wildman–Crippen MR) is 74.1 cm³/mol. The van der Waals surface area contributed by atoms with Gasteiger partial charge in [-0.05, 0) is 35.0 Å². The van der Waals surface area contributed by atoms with Crippen LogP contribution in [0.2, 0.25) is 0 Å². The maximum Gasteiger partial charge on any atom is 0.295 e. The van der Waals surface area contributed by atoms with Crippen LogP contribution in [-0.4, -0.2) is 10.2 Å². The Morgan fingerprint density at radius 3 is 2.37 bits per heavy atom. The second kappa shape index (κ2) is 5.00. The summed E-state index contributed by atoms with van der Waals surface area (Å²) in [4.78, 5) is 0. The Hall–Kier alpha value is -2.52. The van der Waals surface area contributed by atoms with E-state index in [1.807, 2.05) is 12.1 Å². The molecular weight excluding hydrogens is 236 g/mol. The Morgan fingerprint density at radius 2 is 1.79 bits per heavy atom. The Bertz CT molecular complexity index is 671. The minimum absolute atomic E-state index is 0.122. The van der Waals surface area contributed by atoms with Crippen molar-refractivity contribution in [1.82, 2.24) is 10.2 Å². The molecule has 0 aliphatic heterocycles. The molecule has 0 saturated carbocycles. The molecule has 1 heterocycles. The summed E-state index contributed by atoms with van der Waals surface area (Å²) in [5.41, 5.74) is 2.24. The maximum atomic E-state index is 5.41. The van der Waals surface area contributed by atoms with Crippen LogP contribution in [0.3, 0.4) is 0 Å². The summed E-state index contributed by atoms with van der Waals surface area (Å²) in [6.07, 6.45) is 5.04. The number of rotatable bonds is 1. The quantitative estimate of drug-likeness (QED) is 0.730. The normalized spacial score (nSPS) is 10.4. The Kier molecular flexibility index (Phi) is 3.40. The highest BCUT2D eigenvalue weighted by Crippen LogP contribution is 2.25. The van der Waals surface area contributed by atoms with Crippen molar-refractivity contribution in [2.75, 3.05) is 0 Å². The molecule has 0 unspecified atom stereocenters. The fraction of sp³-hybridized carbons (Fsp3) is 0.250. The average Bonchev–Trinajstić information content (AvgIpc) is 2.84. The Morgan fingerprint density at radius 1 is 1.11 bits per heavy atom. The largest absolute Gasteiger partial charge is 0.410 e. The van der Waals surface area contributed by atoms with Crippen molar-refractivity contribution in [2.24, 2.45) is 0 Å². The van der Waals surface area contributed by atoms with Crippen LogP contribution in [0.5, 0.6) is 0 Å². The van der Waals surface area contributed by atoms with Gasteiger partial charge in [-0.25, -0.2) is 0 Å². The van der Waals surface area contributed by atoms with Crippen molar-refractivity contribution in [3.8, 4) is 35.6 Å². The van der Waals surface area contributed by atoms with Crippen LogP contribution in [-0.2, 0) is 5.41 Å². The summed E-state index contributed by atoms with van der Waals surface area (Å²) >= 11 is 0. The van der Waals surface area contributed by atoms with Crippen LogP contribution in [0.15, 0.2) is 28.7 Å². The highest BCUT2D eigenvalue weighted by atomic mass is 16.4. The van der Waals surface area contributed by atoms with Gasteiger partial charge < -0.3 is 4.42 Å².